The maximum atomic E-state index is 11.7. The average molecular weight is 299 g/mol. The Hall–Kier alpha value is -1.30. The molecule has 1 amide bonds. The number of carbonyl (C=O) groups is 1. The van der Waals surface area contributed by atoms with Crippen LogP contribution in [0.3, 0.4) is 0 Å². The van der Waals surface area contributed by atoms with Crippen molar-refractivity contribution in [3.63, 3.8) is 0 Å². The normalized spacial score (nSPS) is 18.6. The standard InChI is InChI=1S/C14H19ClN2O3/c1-14(2)19-7-10(8-20-14)17-9-4-5-12(15)11(6-9)13(18)16-3/h4-6,10,17H,7-8H2,1-3H3,(H,16,18). The van der Waals surface area contributed by atoms with E-state index in [0.717, 1.165) is 5.69 Å². The summed E-state index contributed by atoms with van der Waals surface area (Å²) in [6, 6.07) is 5.29. The third-order valence-electron chi connectivity index (χ3n) is 3.07. The van der Waals surface area contributed by atoms with Crippen LogP contribution in [0, 0.1) is 0 Å². The van der Waals surface area contributed by atoms with E-state index in [0.29, 0.717) is 23.8 Å². The number of ether oxygens (including phenoxy) is 2. The van der Waals surface area contributed by atoms with E-state index < -0.39 is 5.79 Å². The lowest BCUT2D eigenvalue weighted by Crippen LogP contribution is -2.45. The van der Waals surface area contributed by atoms with E-state index in [1.165, 1.54) is 0 Å². The highest BCUT2D eigenvalue weighted by atomic mass is 35.5. The number of benzene rings is 1. The summed E-state index contributed by atoms with van der Waals surface area (Å²) in [4.78, 5) is 11.7. The maximum Gasteiger partial charge on any atom is 0.252 e. The van der Waals surface area contributed by atoms with Crippen molar-refractivity contribution in [1.29, 1.82) is 0 Å². The average Bonchev–Trinajstić information content (AvgIpc) is 2.42. The minimum atomic E-state index is -0.536. The molecule has 6 heteroatoms. The molecule has 1 heterocycles. The number of hydrogen-bond donors (Lipinski definition) is 2. The van der Waals surface area contributed by atoms with Gasteiger partial charge in [0.1, 0.15) is 0 Å². The predicted molar refractivity (Wildman–Crippen MR) is 78.2 cm³/mol. The Balaban J connectivity index is 2.05. The summed E-state index contributed by atoms with van der Waals surface area (Å²) >= 11 is 6.01. The summed E-state index contributed by atoms with van der Waals surface area (Å²) in [6.45, 7) is 4.86. The van der Waals surface area contributed by atoms with Gasteiger partial charge in [-0.1, -0.05) is 11.6 Å². The number of hydrogen-bond acceptors (Lipinski definition) is 4. The quantitative estimate of drug-likeness (QED) is 0.899. The second-order valence-electron chi connectivity index (χ2n) is 5.14. The molecule has 0 aromatic heterocycles. The lowest BCUT2D eigenvalue weighted by Gasteiger charge is -2.35. The molecule has 2 N–H and O–H groups in total. The fourth-order valence-electron chi connectivity index (χ4n) is 1.94. The molecule has 20 heavy (non-hydrogen) atoms. The first-order valence-electron chi connectivity index (χ1n) is 6.47. The van der Waals surface area contributed by atoms with Crippen LogP contribution in [0.5, 0.6) is 0 Å². The predicted octanol–water partition coefficient (Wildman–Crippen LogP) is 2.26. The number of nitrogens with one attached hydrogen (secondary N) is 2. The van der Waals surface area contributed by atoms with Crippen molar-refractivity contribution in [3.8, 4) is 0 Å². The van der Waals surface area contributed by atoms with Crippen LogP contribution in [0.1, 0.15) is 24.2 Å². The Morgan fingerprint density at radius 1 is 1.35 bits per heavy atom. The molecule has 1 fully saturated rings. The molecule has 0 radical (unpaired) electrons. The van der Waals surface area contributed by atoms with Crippen molar-refractivity contribution in [2.24, 2.45) is 0 Å². The Morgan fingerprint density at radius 2 is 2.00 bits per heavy atom. The molecule has 0 unspecified atom stereocenters. The first-order valence-corrected chi connectivity index (χ1v) is 6.85. The number of amides is 1. The van der Waals surface area contributed by atoms with Gasteiger partial charge in [0.25, 0.3) is 5.91 Å². The molecule has 1 aromatic rings. The van der Waals surface area contributed by atoms with Gasteiger partial charge < -0.3 is 20.1 Å². The third-order valence-corrected chi connectivity index (χ3v) is 3.40. The van der Waals surface area contributed by atoms with Gasteiger partial charge in [0, 0.05) is 12.7 Å². The molecule has 1 saturated heterocycles. The molecule has 2 rings (SSSR count). The van der Waals surface area contributed by atoms with Gasteiger partial charge in [0.05, 0.1) is 29.8 Å². The first kappa shape index (κ1) is 15.1. The molecule has 1 aliphatic rings. The van der Waals surface area contributed by atoms with Crippen LogP contribution in [0.15, 0.2) is 18.2 Å². The van der Waals surface area contributed by atoms with Crippen LogP contribution in [0.2, 0.25) is 5.02 Å². The third kappa shape index (κ3) is 3.62. The zero-order valence-electron chi connectivity index (χ0n) is 11.8. The molecule has 0 aliphatic carbocycles. The summed E-state index contributed by atoms with van der Waals surface area (Å²) in [5.41, 5.74) is 1.25. The van der Waals surface area contributed by atoms with Crippen LogP contribution < -0.4 is 10.6 Å². The molecule has 1 aliphatic heterocycles. The van der Waals surface area contributed by atoms with Gasteiger partial charge in [0.2, 0.25) is 0 Å². The van der Waals surface area contributed by atoms with Crippen LogP contribution in [-0.4, -0.2) is 38.0 Å². The van der Waals surface area contributed by atoms with Gasteiger partial charge >= 0.3 is 0 Å². The number of carbonyl (C=O) groups excluding carboxylic acids is 1. The lowest BCUT2D eigenvalue weighted by atomic mass is 10.1. The highest BCUT2D eigenvalue weighted by molar-refractivity contribution is 6.34. The molecule has 0 saturated carbocycles. The van der Waals surface area contributed by atoms with Crippen LogP contribution in [-0.2, 0) is 9.47 Å². The van der Waals surface area contributed by atoms with Crippen LogP contribution in [0.25, 0.3) is 0 Å². The zero-order valence-corrected chi connectivity index (χ0v) is 12.6. The summed E-state index contributed by atoms with van der Waals surface area (Å²) in [6.07, 6.45) is 0. The molecule has 0 atom stereocenters. The van der Waals surface area contributed by atoms with Crippen molar-refractivity contribution in [3.05, 3.63) is 28.8 Å². The van der Waals surface area contributed by atoms with E-state index in [1.807, 2.05) is 19.9 Å². The largest absolute Gasteiger partial charge is 0.378 e. The fourth-order valence-corrected chi connectivity index (χ4v) is 2.14. The molecule has 0 spiro atoms. The van der Waals surface area contributed by atoms with Crippen LogP contribution >= 0.6 is 11.6 Å². The van der Waals surface area contributed by atoms with Crippen molar-refractivity contribution in [1.82, 2.24) is 5.32 Å². The number of rotatable bonds is 3. The van der Waals surface area contributed by atoms with Gasteiger partial charge in [-0.25, -0.2) is 0 Å². The second kappa shape index (κ2) is 5.99. The summed E-state index contributed by atoms with van der Waals surface area (Å²) < 4.78 is 11.2. The van der Waals surface area contributed by atoms with Crippen LogP contribution in [0.4, 0.5) is 5.69 Å². The van der Waals surface area contributed by atoms with E-state index in [4.69, 9.17) is 21.1 Å². The summed E-state index contributed by atoms with van der Waals surface area (Å²) in [5, 5.41) is 6.26. The summed E-state index contributed by atoms with van der Waals surface area (Å²) in [7, 11) is 1.57. The molecule has 1 aromatic carbocycles. The molecular weight excluding hydrogens is 280 g/mol. The van der Waals surface area contributed by atoms with Gasteiger partial charge in [0.15, 0.2) is 5.79 Å². The minimum absolute atomic E-state index is 0.0433. The smallest absolute Gasteiger partial charge is 0.252 e. The minimum Gasteiger partial charge on any atom is -0.378 e. The topological polar surface area (TPSA) is 59.6 Å². The molecular formula is C14H19ClN2O3. The number of anilines is 1. The first-order chi connectivity index (χ1) is 9.41. The summed E-state index contributed by atoms with van der Waals surface area (Å²) in [5.74, 6) is -0.748. The Labute approximate surface area is 123 Å². The van der Waals surface area contributed by atoms with Crippen molar-refractivity contribution < 1.29 is 14.3 Å². The monoisotopic (exact) mass is 298 g/mol. The lowest BCUT2D eigenvalue weighted by molar-refractivity contribution is -0.247. The molecule has 0 bridgehead atoms. The van der Waals surface area contributed by atoms with E-state index in [2.05, 4.69) is 10.6 Å². The van der Waals surface area contributed by atoms with Gasteiger partial charge in [-0.15, -0.1) is 0 Å². The Morgan fingerprint density at radius 3 is 2.60 bits per heavy atom. The Kier molecular flexibility index (Phi) is 4.52. The Bertz CT molecular complexity index is 495. The zero-order chi connectivity index (χ0) is 14.8. The molecule has 5 nitrogen and oxygen atoms in total. The van der Waals surface area contributed by atoms with Crippen molar-refractivity contribution in [2.45, 2.75) is 25.7 Å². The molecule has 110 valence electrons. The van der Waals surface area contributed by atoms with E-state index in [1.54, 1.807) is 19.2 Å². The van der Waals surface area contributed by atoms with Gasteiger partial charge in [-0.2, -0.15) is 0 Å². The SMILES string of the molecule is CNC(=O)c1cc(NC2COC(C)(C)OC2)ccc1Cl. The van der Waals surface area contributed by atoms with E-state index in [9.17, 15) is 4.79 Å². The van der Waals surface area contributed by atoms with E-state index >= 15 is 0 Å². The highest BCUT2D eigenvalue weighted by Gasteiger charge is 2.28. The highest BCUT2D eigenvalue weighted by Crippen LogP contribution is 2.23. The fraction of sp³-hybridized carbons (Fsp3) is 0.500. The number of halogens is 1. The second-order valence-corrected chi connectivity index (χ2v) is 5.54. The van der Waals surface area contributed by atoms with Gasteiger partial charge in [-0.05, 0) is 32.0 Å². The maximum absolute atomic E-state index is 11.7. The van der Waals surface area contributed by atoms with E-state index in [-0.39, 0.29) is 11.9 Å². The van der Waals surface area contributed by atoms with Crippen molar-refractivity contribution in [2.75, 3.05) is 25.6 Å². The van der Waals surface area contributed by atoms with Gasteiger partial charge in [-0.3, -0.25) is 4.79 Å². The van der Waals surface area contributed by atoms with Crippen molar-refractivity contribution >= 4 is 23.2 Å².